The molecule has 1 fully saturated rings. The molecular weight excluding hydrogens is 442 g/mol. The van der Waals surface area contributed by atoms with Gasteiger partial charge >= 0.3 is 5.97 Å². The highest BCUT2D eigenvalue weighted by molar-refractivity contribution is 5.97. The molecule has 1 aliphatic rings. The molecule has 0 unspecified atom stereocenters. The Hall–Kier alpha value is -4.08. The number of carbonyl (C=O) groups excluding carboxylic acids is 4. The van der Waals surface area contributed by atoms with Crippen molar-refractivity contribution >= 4 is 23.7 Å². The van der Waals surface area contributed by atoms with Crippen LogP contribution < -0.4 is 20.2 Å². The lowest BCUT2D eigenvalue weighted by molar-refractivity contribution is -0.152. The van der Waals surface area contributed by atoms with Gasteiger partial charge in [0.2, 0.25) is 5.91 Å². The van der Waals surface area contributed by atoms with Gasteiger partial charge in [0.15, 0.2) is 6.61 Å². The average molecular weight is 469 g/mol. The minimum absolute atomic E-state index is 0.0629. The highest BCUT2D eigenvalue weighted by atomic mass is 16.5. The Kier molecular flexibility index (Phi) is 8.07. The first-order valence-corrected chi connectivity index (χ1v) is 10.7. The summed E-state index contributed by atoms with van der Waals surface area (Å²) in [6.45, 7) is 1.30. The van der Waals surface area contributed by atoms with E-state index in [9.17, 15) is 19.2 Å². The van der Waals surface area contributed by atoms with Crippen LogP contribution in [0.4, 0.5) is 0 Å². The number of carbonyl (C=O) groups is 4. The Morgan fingerprint density at radius 2 is 1.71 bits per heavy atom. The van der Waals surface area contributed by atoms with Crippen LogP contribution in [-0.4, -0.2) is 56.1 Å². The van der Waals surface area contributed by atoms with Gasteiger partial charge in [0.05, 0.1) is 32.7 Å². The predicted molar refractivity (Wildman–Crippen MR) is 121 cm³/mol. The van der Waals surface area contributed by atoms with E-state index in [0.29, 0.717) is 11.5 Å². The monoisotopic (exact) mass is 469 g/mol. The summed E-state index contributed by atoms with van der Waals surface area (Å²) in [6.07, 6.45) is -0.136. The first-order chi connectivity index (χ1) is 16.3. The fraction of sp³-hybridized carbons (Fsp3) is 0.333. The summed E-state index contributed by atoms with van der Waals surface area (Å²) in [5, 5.41) is 3.82. The van der Waals surface area contributed by atoms with Crippen LogP contribution in [0.15, 0.2) is 48.5 Å². The van der Waals surface area contributed by atoms with E-state index < -0.39 is 36.2 Å². The van der Waals surface area contributed by atoms with E-state index in [1.807, 2.05) is 37.3 Å². The first-order valence-electron chi connectivity index (χ1n) is 10.7. The van der Waals surface area contributed by atoms with Gasteiger partial charge in [0, 0.05) is 18.1 Å². The van der Waals surface area contributed by atoms with E-state index in [1.54, 1.807) is 6.07 Å². The topological polar surface area (TPSA) is 123 Å². The van der Waals surface area contributed by atoms with Crippen molar-refractivity contribution in [3.8, 4) is 11.5 Å². The van der Waals surface area contributed by atoms with Crippen molar-refractivity contribution in [2.24, 2.45) is 5.92 Å². The van der Waals surface area contributed by atoms with Gasteiger partial charge in [-0.2, -0.15) is 0 Å². The summed E-state index contributed by atoms with van der Waals surface area (Å²) in [5.41, 5.74) is 3.63. The predicted octanol–water partition coefficient (Wildman–Crippen LogP) is 1.62. The van der Waals surface area contributed by atoms with Crippen LogP contribution in [0.5, 0.6) is 11.5 Å². The molecule has 0 aromatic heterocycles. The Labute approximate surface area is 197 Å². The van der Waals surface area contributed by atoms with Gasteiger partial charge < -0.3 is 19.5 Å². The minimum atomic E-state index is -0.799. The van der Waals surface area contributed by atoms with Crippen LogP contribution in [0.3, 0.4) is 0 Å². The number of nitrogens with zero attached hydrogens (tertiary/aromatic N) is 1. The number of esters is 1. The molecule has 0 aliphatic carbocycles. The standard InChI is InChI=1S/C24H27N3O7/c1-15(16-7-5-4-6-8-16)25-21(28)14-34-24(31)18-11-22(29)27(13-18)26-23(30)17-9-19(32-2)12-20(10-17)33-3/h4-10,12,15,18H,11,13-14H2,1-3H3,(H,25,28)(H,26,30)/t15-,18+/m1/s1. The largest absolute Gasteiger partial charge is 0.497 e. The van der Waals surface area contributed by atoms with Crippen molar-refractivity contribution in [2.75, 3.05) is 27.4 Å². The normalized spacial score (nSPS) is 15.9. The Morgan fingerprint density at radius 3 is 2.32 bits per heavy atom. The van der Waals surface area contributed by atoms with Crippen LogP contribution in [0.1, 0.15) is 35.3 Å². The van der Waals surface area contributed by atoms with Crippen LogP contribution in [-0.2, 0) is 19.1 Å². The highest BCUT2D eigenvalue weighted by Crippen LogP contribution is 2.23. The molecule has 34 heavy (non-hydrogen) atoms. The average Bonchev–Trinajstić information content (AvgIpc) is 3.22. The summed E-state index contributed by atoms with van der Waals surface area (Å²) in [7, 11) is 2.92. The van der Waals surface area contributed by atoms with Crippen molar-refractivity contribution in [3.05, 3.63) is 59.7 Å². The number of ether oxygens (including phenoxy) is 3. The molecule has 0 radical (unpaired) electrons. The zero-order valence-corrected chi connectivity index (χ0v) is 19.2. The second-order valence-corrected chi connectivity index (χ2v) is 7.76. The molecule has 2 aromatic carbocycles. The number of methoxy groups -OCH3 is 2. The van der Waals surface area contributed by atoms with Crippen LogP contribution in [0, 0.1) is 5.92 Å². The van der Waals surface area contributed by atoms with Crippen LogP contribution in [0.25, 0.3) is 0 Å². The zero-order valence-electron chi connectivity index (χ0n) is 19.2. The van der Waals surface area contributed by atoms with Gasteiger partial charge in [-0.05, 0) is 24.6 Å². The number of amides is 3. The molecule has 0 spiro atoms. The Morgan fingerprint density at radius 1 is 1.06 bits per heavy atom. The van der Waals surface area contributed by atoms with Crippen molar-refractivity contribution in [1.29, 1.82) is 0 Å². The van der Waals surface area contributed by atoms with E-state index in [2.05, 4.69) is 10.7 Å². The lowest BCUT2D eigenvalue weighted by Crippen LogP contribution is -2.43. The number of benzene rings is 2. The molecule has 0 saturated carbocycles. The summed E-state index contributed by atoms with van der Waals surface area (Å²) in [5.74, 6) is -2.10. The SMILES string of the molecule is COc1cc(OC)cc(C(=O)NN2C[C@@H](C(=O)OCC(=O)N[C@H](C)c3ccccc3)CC2=O)c1. The van der Waals surface area contributed by atoms with E-state index in [1.165, 1.54) is 26.4 Å². The maximum absolute atomic E-state index is 12.6. The first kappa shape index (κ1) is 24.6. The second-order valence-electron chi connectivity index (χ2n) is 7.76. The molecule has 10 nitrogen and oxygen atoms in total. The van der Waals surface area contributed by atoms with Gasteiger partial charge in [-0.25, -0.2) is 0 Å². The molecule has 2 atom stereocenters. The smallest absolute Gasteiger partial charge is 0.311 e. The number of hydrogen-bond acceptors (Lipinski definition) is 7. The maximum Gasteiger partial charge on any atom is 0.311 e. The number of rotatable bonds is 9. The van der Waals surface area contributed by atoms with Gasteiger partial charge in [0.1, 0.15) is 11.5 Å². The van der Waals surface area contributed by atoms with Gasteiger partial charge in [-0.3, -0.25) is 29.6 Å². The molecule has 3 amide bonds. The molecule has 1 heterocycles. The fourth-order valence-corrected chi connectivity index (χ4v) is 3.46. The summed E-state index contributed by atoms with van der Waals surface area (Å²) in [6, 6.07) is 13.7. The summed E-state index contributed by atoms with van der Waals surface area (Å²) >= 11 is 0. The maximum atomic E-state index is 12.6. The zero-order chi connectivity index (χ0) is 24.7. The third-order valence-electron chi connectivity index (χ3n) is 5.33. The second kappa shape index (κ2) is 11.2. The van der Waals surface area contributed by atoms with Gasteiger partial charge in [0.25, 0.3) is 11.8 Å². The summed E-state index contributed by atoms with van der Waals surface area (Å²) < 4.78 is 15.4. The third-order valence-corrected chi connectivity index (χ3v) is 5.33. The molecule has 180 valence electrons. The van der Waals surface area contributed by atoms with Crippen LogP contribution in [0.2, 0.25) is 0 Å². The third kappa shape index (κ3) is 6.25. The molecule has 0 bridgehead atoms. The number of hydrogen-bond donors (Lipinski definition) is 2. The Bertz CT molecular complexity index is 1040. The molecule has 1 saturated heterocycles. The molecule has 3 rings (SSSR count). The Balaban J connectivity index is 1.50. The van der Waals surface area contributed by atoms with E-state index >= 15 is 0 Å². The van der Waals surface area contributed by atoms with Gasteiger partial charge in [-0.1, -0.05) is 30.3 Å². The van der Waals surface area contributed by atoms with E-state index in [-0.39, 0.29) is 24.6 Å². The summed E-state index contributed by atoms with van der Waals surface area (Å²) in [4.78, 5) is 49.5. The highest BCUT2D eigenvalue weighted by Gasteiger charge is 2.37. The van der Waals surface area contributed by atoms with Crippen molar-refractivity contribution in [2.45, 2.75) is 19.4 Å². The number of hydrazine groups is 1. The van der Waals surface area contributed by atoms with Crippen molar-refractivity contribution < 1.29 is 33.4 Å². The molecule has 1 aliphatic heterocycles. The lowest BCUT2D eigenvalue weighted by Gasteiger charge is -2.18. The van der Waals surface area contributed by atoms with Gasteiger partial charge in [-0.15, -0.1) is 0 Å². The van der Waals surface area contributed by atoms with Crippen molar-refractivity contribution in [3.63, 3.8) is 0 Å². The van der Waals surface area contributed by atoms with Crippen molar-refractivity contribution in [1.82, 2.24) is 15.8 Å². The molecule has 2 aromatic rings. The van der Waals surface area contributed by atoms with E-state index in [4.69, 9.17) is 14.2 Å². The lowest BCUT2D eigenvalue weighted by atomic mass is 10.1. The molecule has 10 heteroatoms. The van der Waals surface area contributed by atoms with E-state index in [0.717, 1.165) is 10.6 Å². The molecular formula is C24H27N3O7. The fourth-order valence-electron chi connectivity index (χ4n) is 3.46. The van der Waals surface area contributed by atoms with Crippen LogP contribution >= 0.6 is 0 Å². The minimum Gasteiger partial charge on any atom is -0.497 e. The quantitative estimate of drug-likeness (QED) is 0.535. The molecule has 2 N–H and O–H groups in total. The number of nitrogens with one attached hydrogen (secondary N) is 2.